The molecule has 0 spiro atoms. The molecule has 1 aromatic rings. The highest BCUT2D eigenvalue weighted by Gasteiger charge is 2.39. The highest BCUT2D eigenvalue weighted by atomic mass is 35.5. The number of ether oxygens (including phenoxy) is 1. The van der Waals surface area contributed by atoms with Crippen LogP contribution in [0.5, 0.6) is 0 Å². The Balaban J connectivity index is 0.00000312. The van der Waals surface area contributed by atoms with Gasteiger partial charge in [0.05, 0.1) is 17.6 Å². The molecule has 1 aliphatic heterocycles. The van der Waals surface area contributed by atoms with Gasteiger partial charge in [-0.2, -0.15) is 4.31 Å². The zero-order chi connectivity index (χ0) is 18.3. The first-order valence-electron chi connectivity index (χ1n) is 7.96. The van der Waals surface area contributed by atoms with Gasteiger partial charge in [0.15, 0.2) is 0 Å². The molecule has 0 amide bonds. The van der Waals surface area contributed by atoms with E-state index < -0.39 is 16.0 Å². The lowest BCUT2D eigenvalue weighted by atomic mass is 9.81. The largest absolute Gasteiger partial charge is 0.465 e. The fourth-order valence-corrected chi connectivity index (χ4v) is 4.95. The third kappa shape index (κ3) is 4.16. The Morgan fingerprint density at radius 1 is 1.32 bits per heavy atom. The smallest absolute Gasteiger partial charge is 0.337 e. The van der Waals surface area contributed by atoms with Crippen LogP contribution in [0.2, 0.25) is 0 Å². The van der Waals surface area contributed by atoms with Crippen LogP contribution in [0.1, 0.15) is 41.8 Å². The predicted molar refractivity (Wildman–Crippen MR) is 99.6 cm³/mol. The summed E-state index contributed by atoms with van der Waals surface area (Å²) in [6.07, 6.45) is 0.612. The molecule has 0 aliphatic carbocycles. The summed E-state index contributed by atoms with van der Waals surface area (Å²) in [6, 6.07) is 3.02. The molecule has 0 radical (unpaired) electrons. The van der Waals surface area contributed by atoms with Crippen molar-refractivity contribution in [2.75, 3.05) is 20.2 Å². The van der Waals surface area contributed by atoms with E-state index in [4.69, 9.17) is 10.5 Å². The van der Waals surface area contributed by atoms with E-state index in [2.05, 4.69) is 0 Å². The van der Waals surface area contributed by atoms with Gasteiger partial charge in [-0.15, -0.1) is 12.4 Å². The van der Waals surface area contributed by atoms with E-state index in [-0.39, 0.29) is 34.3 Å². The van der Waals surface area contributed by atoms with Gasteiger partial charge in [0, 0.05) is 19.1 Å². The van der Waals surface area contributed by atoms with E-state index in [9.17, 15) is 13.2 Å². The van der Waals surface area contributed by atoms with E-state index in [0.717, 1.165) is 5.56 Å². The summed E-state index contributed by atoms with van der Waals surface area (Å²) in [4.78, 5) is 12.0. The average molecular weight is 391 g/mol. The molecule has 2 N–H and O–H groups in total. The van der Waals surface area contributed by atoms with Crippen LogP contribution < -0.4 is 5.73 Å². The molecule has 1 aliphatic rings. The molecule has 0 bridgehead atoms. The topological polar surface area (TPSA) is 89.7 Å². The van der Waals surface area contributed by atoms with E-state index in [0.29, 0.717) is 25.1 Å². The van der Waals surface area contributed by atoms with Crippen molar-refractivity contribution in [1.29, 1.82) is 0 Å². The summed E-state index contributed by atoms with van der Waals surface area (Å²) in [6.45, 7) is 8.23. The summed E-state index contributed by atoms with van der Waals surface area (Å²) < 4.78 is 32.5. The summed E-state index contributed by atoms with van der Waals surface area (Å²) in [7, 11) is -2.43. The van der Waals surface area contributed by atoms with Crippen molar-refractivity contribution in [2.24, 2.45) is 11.1 Å². The monoisotopic (exact) mass is 390 g/mol. The van der Waals surface area contributed by atoms with E-state index in [1.807, 2.05) is 13.8 Å². The van der Waals surface area contributed by atoms with E-state index in [1.54, 1.807) is 19.9 Å². The van der Waals surface area contributed by atoms with Gasteiger partial charge in [-0.1, -0.05) is 13.8 Å². The lowest BCUT2D eigenvalue weighted by Gasteiger charge is -2.42. The fraction of sp³-hybridized carbons (Fsp3) is 0.588. The normalized spacial score (nSPS) is 20.6. The number of rotatable bonds is 3. The SMILES string of the molecule is COC(=O)c1cc(C)c(C)c(S(=O)(=O)N2CCC(N)C(C)(C)C2)c1.Cl. The standard InChI is InChI=1S/C17H26N2O4S.ClH/c1-11-8-13(16(20)23-5)9-14(12(11)2)24(21,22)19-7-6-15(18)17(3,4)10-19;/h8-9,15H,6-7,10,18H2,1-5H3;1H. The number of aryl methyl sites for hydroxylation is 1. The Kier molecular flexibility index (Phi) is 6.67. The van der Waals surface area contributed by atoms with Gasteiger partial charge in [-0.3, -0.25) is 0 Å². The van der Waals surface area contributed by atoms with Gasteiger partial charge in [-0.25, -0.2) is 13.2 Å². The summed E-state index contributed by atoms with van der Waals surface area (Å²) in [5.74, 6) is -0.546. The average Bonchev–Trinajstić information content (AvgIpc) is 2.51. The van der Waals surface area contributed by atoms with Crippen molar-refractivity contribution in [3.63, 3.8) is 0 Å². The minimum atomic E-state index is -3.70. The number of esters is 1. The second-order valence-electron chi connectivity index (χ2n) is 7.13. The molecule has 1 atom stereocenters. The Hall–Kier alpha value is -1.15. The molecule has 25 heavy (non-hydrogen) atoms. The van der Waals surface area contributed by atoms with Crippen LogP contribution in [0.4, 0.5) is 0 Å². The van der Waals surface area contributed by atoms with E-state index in [1.165, 1.54) is 17.5 Å². The zero-order valence-electron chi connectivity index (χ0n) is 15.3. The molecule has 8 heteroatoms. The van der Waals surface area contributed by atoms with Crippen molar-refractivity contribution >= 4 is 28.4 Å². The molecule has 142 valence electrons. The Bertz CT molecular complexity index is 762. The van der Waals surface area contributed by atoms with Gasteiger partial charge in [0.25, 0.3) is 0 Å². The number of piperidine rings is 1. The molecule has 2 rings (SSSR count). The number of halogens is 1. The molecular weight excluding hydrogens is 364 g/mol. The van der Waals surface area contributed by atoms with Crippen LogP contribution in [-0.2, 0) is 14.8 Å². The Morgan fingerprint density at radius 2 is 1.92 bits per heavy atom. The molecular formula is C17H27ClN2O4S. The Labute approximate surface area is 156 Å². The first kappa shape index (κ1) is 21.9. The van der Waals surface area contributed by atoms with E-state index >= 15 is 0 Å². The van der Waals surface area contributed by atoms with Crippen molar-refractivity contribution < 1.29 is 17.9 Å². The van der Waals surface area contributed by atoms with Crippen LogP contribution in [0, 0.1) is 19.3 Å². The third-order valence-electron chi connectivity index (χ3n) is 4.94. The maximum Gasteiger partial charge on any atom is 0.337 e. The van der Waals surface area contributed by atoms with Crippen LogP contribution in [-0.4, -0.2) is 44.9 Å². The maximum atomic E-state index is 13.2. The molecule has 1 fully saturated rings. The number of benzene rings is 1. The number of nitrogens with zero attached hydrogens (tertiary/aromatic N) is 1. The van der Waals surface area contributed by atoms with Crippen LogP contribution in [0.25, 0.3) is 0 Å². The summed E-state index contributed by atoms with van der Waals surface area (Å²) >= 11 is 0. The van der Waals surface area contributed by atoms with Crippen molar-refractivity contribution in [2.45, 2.75) is 45.1 Å². The molecule has 0 saturated carbocycles. The van der Waals surface area contributed by atoms with Crippen LogP contribution in [0.15, 0.2) is 17.0 Å². The van der Waals surface area contributed by atoms with Crippen LogP contribution >= 0.6 is 12.4 Å². The third-order valence-corrected chi connectivity index (χ3v) is 6.91. The maximum absolute atomic E-state index is 13.2. The second kappa shape index (κ2) is 7.61. The van der Waals surface area contributed by atoms with Crippen molar-refractivity contribution in [3.05, 3.63) is 28.8 Å². The number of hydrogen-bond acceptors (Lipinski definition) is 5. The van der Waals surface area contributed by atoms with Gasteiger partial charge in [0.1, 0.15) is 0 Å². The molecule has 1 unspecified atom stereocenters. The molecule has 0 aromatic heterocycles. The number of nitrogens with two attached hydrogens (primary N) is 1. The number of carbonyl (C=O) groups is 1. The Morgan fingerprint density at radius 3 is 2.44 bits per heavy atom. The lowest BCUT2D eigenvalue weighted by molar-refractivity contribution is 0.0600. The fourth-order valence-electron chi connectivity index (χ4n) is 3.00. The molecule has 1 heterocycles. The van der Waals surface area contributed by atoms with Crippen molar-refractivity contribution in [1.82, 2.24) is 4.31 Å². The minimum absolute atomic E-state index is 0. The lowest BCUT2D eigenvalue weighted by Crippen LogP contribution is -2.53. The van der Waals surface area contributed by atoms with Gasteiger partial charge in [0.2, 0.25) is 10.0 Å². The van der Waals surface area contributed by atoms with Gasteiger partial charge >= 0.3 is 5.97 Å². The summed E-state index contributed by atoms with van der Waals surface area (Å²) in [5, 5.41) is 0. The molecule has 1 saturated heterocycles. The highest BCUT2D eigenvalue weighted by molar-refractivity contribution is 7.89. The number of sulfonamides is 1. The van der Waals surface area contributed by atoms with Crippen LogP contribution in [0.3, 0.4) is 0 Å². The highest BCUT2D eigenvalue weighted by Crippen LogP contribution is 2.33. The zero-order valence-corrected chi connectivity index (χ0v) is 17.0. The van der Waals surface area contributed by atoms with Gasteiger partial charge in [-0.05, 0) is 48.9 Å². The minimum Gasteiger partial charge on any atom is -0.465 e. The first-order valence-corrected chi connectivity index (χ1v) is 9.40. The number of hydrogen-bond donors (Lipinski definition) is 1. The number of carbonyl (C=O) groups excluding carboxylic acids is 1. The first-order chi connectivity index (χ1) is 11.0. The predicted octanol–water partition coefficient (Wildman–Crippen LogP) is 2.26. The quantitative estimate of drug-likeness (QED) is 0.799. The second-order valence-corrected chi connectivity index (χ2v) is 9.04. The molecule has 6 nitrogen and oxygen atoms in total. The van der Waals surface area contributed by atoms with Crippen molar-refractivity contribution in [3.8, 4) is 0 Å². The van der Waals surface area contributed by atoms with Gasteiger partial charge < -0.3 is 10.5 Å². The molecule has 1 aromatic carbocycles. The number of methoxy groups -OCH3 is 1. The summed E-state index contributed by atoms with van der Waals surface area (Å²) in [5.41, 5.74) is 7.44.